The standard InChI is InChI=1S/C14H15N3O2S.C7H7NO.Na/c1-15-12-8-7-11(9-13(12)20-19)17-14(18)16-10-5-3-2-4-6-10;9-6-8-7-4-2-1-3-5-7;/h2-9,15,19H,1H3,(H2,16,17,18);1-6H,(H,8,9);/q;;+1/p-1. The summed E-state index contributed by atoms with van der Waals surface area (Å²) in [5.41, 5.74) is 2.83. The monoisotopic (exact) mass is 432 g/mol. The first kappa shape index (κ1) is 25.5. The number of urea groups is 1. The van der Waals surface area contributed by atoms with Gasteiger partial charge >= 0.3 is 35.6 Å². The van der Waals surface area contributed by atoms with Crippen molar-refractivity contribution in [2.24, 2.45) is 0 Å². The second-order valence-electron chi connectivity index (χ2n) is 5.62. The van der Waals surface area contributed by atoms with E-state index in [-0.39, 0.29) is 35.6 Å². The Labute approximate surface area is 202 Å². The Morgan fingerprint density at radius 1 is 0.867 bits per heavy atom. The van der Waals surface area contributed by atoms with Gasteiger partial charge in [-0.05, 0) is 42.5 Å². The van der Waals surface area contributed by atoms with E-state index in [0.29, 0.717) is 34.7 Å². The number of carbonyl (C=O) groups is 2. The van der Waals surface area contributed by atoms with Crippen LogP contribution in [0.2, 0.25) is 0 Å². The first-order valence-electron chi connectivity index (χ1n) is 8.66. The predicted octanol–water partition coefficient (Wildman–Crippen LogP) is 1.85. The summed E-state index contributed by atoms with van der Waals surface area (Å²) in [5.74, 6) is 0. The number of amides is 3. The van der Waals surface area contributed by atoms with Crippen molar-refractivity contribution in [1.29, 1.82) is 0 Å². The zero-order valence-corrected chi connectivity index (χ0v) is 19.5. The van der Waals surface area contributed by atoms with Crippen LogP contribution in [0.15, 0.2) is 83.8 Å². The summed E-state index contributed by atoms with van der Waals surface area (Å²) in [6.45, 7) is 0. The van der Waals surface area contributed by atoms with Gasteiger partial charge in [-0.2, -0.15) is 0 Å². The molecule has 150 valence electrons. The van der Waals surface area contributed by atoms with E-state index in [0.717, 1.165) is 11.4 Å². The van der Waals surface area contributed by atoms with Crippen LogP contribution in [0.4, 0.5) is 27.5 Å². The molecule has 3 amide bonds. The Hall–Kier alpha value is -2.49. The Morgan fingerprint density at radius 2 is 1.43 bits per heavy atom. The predicted molar refractivity (Wildman–Crippen MR) is 118 cm³/mol. The van der Waals surface area contributed by atoms with Gasteiger partial charge in [0.2, 0.25) is 6.41 Å². The second-order valence-corrected chi connectivity index (χ2v) is 6.22. The van der Waals surface area contributed by atoms with Crippen molar-refractivity contribution in [3.05, 3.63) is 78.9 Å². The normalized spacial score (nSPS) is 9.13. The Morgan fingerprint density at radius 3 is 1.97 bits per heavy atom. The third-order valence-corrected chi connectivity index (χ3v) is 4.15. The average Bonchev–Trinajstić information content (AvgIpc) is 2.76. The SMILES string of the molecule is CNc1ccc(NC(=O)Nc2ccccc2)cc1S[O-].O=CNc1ccccc1.[Na+]. The molecule has 0 heterocycles. The first-order valence-corrected chi connectivity index (χ1v) is 9.40. The molecule has 9 heteroatoms. The fourth-order valence-electron chi connectivity index (χ4n) is 2.29. The number of hydrogen-bond donors (Lipinski definition) is 4. The zero-order chi connectivity index (χ0) is 20.9. The van der Waals surface area contributed by atoms with Crippen LogP contribution >= 0.6 is 12.0 Å². The van der Waals surface area contributed by atoms with Crippen LogP contribution in [0.3, 0.4) is 0 Å². The molecule has 30 heavy (non-hydrogen) atoms. The fraction of sp³-hybridized carbons (Fsp3) is 0.0476. The topological polar surface area (TPSA) is 105 Å². The molecular formula is C21H21N4NaO3S. The molecule has 0 saturated carbocycles. The van der Waals surface area contributed by atoms with E-state index in [4.69, 9.17) is 0 Å². The number of nitrogens with one attached hydrogen (secondary N) is 4. The van der Waals surface area contributed by atoms with E-state index in [1.54, 1.807) is 37.4 Å². The molecule has 0 radical (unpaired) electrons. The van der Waals surface area contributed by atoms with Crippen molar-refractivity contribution in [3.8, 4) is 0 Å². The van der Waals surface area contributed by atoms with Gasteiger partial charge in [0.05, 0.1) is 0 Å². The number of para-hydroxylation sites is 2. The number of carbonyl (C=O) groups excluding carboxylic acids is 2. The van der Waals surface area contributed by atoms with E-state index >= 15 is 0 Å². The summed E-state index contributed by atoms with van der Waals surface area (Å²) in [5, 5.41) is 10.8. The molecule has 3 aromatic carbocycles. The van der Waals surface area contributed by atoms with Gasteiger partial charge in [-0.15, -0.1) is 0 Å². The van der Waals surface area contributed by atoms with Crippen molar-refractivity contribution >= 4 is 47.2 Å². The molecule has 0 atom stereocenters. The Balaban J connectivity index is 0.000000379. The van der Waals surface area contributed by atoms with Crippen molar-refractivity contribution < 1.29 is 43.7 Å². The van der Waals surface area contributed by atoms with Gasteiger partial charge in [-0.1, -0.05) is 36.4 Å². The smallest absolute Gasteiger partial charge is 0.795 e. The Kier molecular flexibility index (Phi) is 12.3. The minimum Gasteiger partial charge on any atom is -0.795 e. The minimum absolute atomic E-state index is 0. The van der Waals surface area contributed by atoms with E-state index in [9.17, 15) is 14.1 Å². The number of hydrogen-bond acceptors (Lipinski definition) is 5. The van der Waals surface area contributed by atoms with Gasteiger partial charge in [-0.25, -0.2) is 16.8 Å². The summed E-state index contributed by atoms with van der Waals surface area (Å²) in [4.78, 5) is 22.2. The summed E-state index contributed by atoms with van der Waals surface area (Å²) in [7, 11) is 1.74. The largest absolute Gasteiger partial charge is 1.00 e. The number of rotatable bonds is 6. The maximum atomic E-state index is 11.8. The van der Waals surface area contributed by atoms with Gasteiger partial charge in [0.1, 0.15) is 0 Å². The van der Waals surface area contributed by atoms with Gasteiger partial charge < -0.3 is 25.8 Å². The minimum atomic E-state index is -0.352. The molecule has 0 bridgehead atoms. The summed E-state index contributed by atoms with van der Waals surface area (Å²) in [6.07, 6.45) is 0.662. The van der Waals surface area contributed by atoms with E-state index in [1.165, 1.54) is 0 Å². The molecule has 0 spiro atoms. The van der Waals surface area contributed by atoms with Crippen molar-refractivity contribution in [2.45, 2.75) is 4.90 Å². The van der Waals surface area contributed by atoms with Crippen molar-refractivity contribution in [2.75, 3.05) is 28.3 Å². The van der Waals surface area contributed by atoms with Gasteiger partial charge in [0.25, 0.3) is 0 Å². The maximum absolute atomic E-state index is 11.8. The van der Waals surface area contributed by atoms with Gasteiger partial charge in [-0.3, -0.25) is 4.79 Å². The van der Waals surface area contributed by atoms with Crippen molar-refractivity contribution in [3.63, 3.8) is 0 Å². The molecule has 0 aliphatic heterocycles. The van der Waals surface area contributed by atoms with Gasteiger partial charge in [0.15, 0.2) is 0 Å². The molecular weight excluding hydrogens is 411 g/mol. The van der Waals surface area contributed by atoms with Crippen LogP contribution < -0.4 is 50.8 Å². The average molecular weight is 432 g/mol. The molecule has 7 nitrogen and oxygen atoms in total. The molecule has 0 aliphatic rings. The van der Waals surface area contributed by atoms with Crippen LogP contribution in [0.5, 0.6) is 0 Å². The molecule has 4 N–H and O–H groups in total. The zero-order valence-electron chi connectivity index (χ0n) is 16.7. The summed E-state index contributed by atoms with van der Waals surface area (Å²) < 4.78 is 11.0. The van der Waals surface area contributed by atoms with Crippen LogP contribution in [0, 0.1) is 0 Å². The third-order valence-electron chi connectivity index (χ3n) is 3.63. The summed E-state index contributed by atoms with van der Waals surface area (Å²) >= 11 is 0.381. The van der Waals surface area contributed by atoms with Crippen LogP contribution in [0.1, 0.15) is 0 Å². The molecule has 0 fully saturated rings. The second kappa shape index (κ2) is 14.5. The van der Waals surface area contributed by atoms with Crippen molar-refractivity contribution in [1.82, 2.24) is 0 Å². The quantitative estimate of drug-likeness (QED) is 0.270. The summed E-state index contributed by atoms with van der Waals surface area (Å²) in [6, 6.07) is 23.2. The van der Waals surface area contributed by atoms with E-state index < -0.39 is 0 Å². The third kappa shape index (κ3) is 8.89. The van der Waals surface area contributed by atoms with E-state index in [1.807, 2.05) is 48.5 Å². The van der Waals surface area contributed by atoms with Crippen LogP contribution in [-0.2, 0) is 4.79 Å². The number of benzene rings is 3. The van der Waals surface area contributed by atoms with Gasteiger partial charge in [0, 0.05) is 34.7 Å². The van der Waals surface area contributed by atoms with Crippen LogP contribution in [0.25, 0.3) is 0 Å². The first-order chi connectivity index (χ1) is 14.2. The molecule has 0 saturated heterocycles. The molecule has 3 aromatic rings. The fourth-order valence-corrected chi connectivity index (χ4v) is 2.73. The Bertz CT molecular complexity index is 915. The molecule has 3 rings (SSSR count). The molecule has 0 aromatic heterocycles. The van der Waals surface area contributed by atoms with Crippen LogP contribution in [-0.4, -0.2) is 24.0 Å². The number of anilines is 4. The molecule has 0 aliphatic carbocycles. The van der Waals surface area contributed by atoms with E-state index in [2.05, 4.69) is 21.3 Å². The maximum Gasteiger partial charge on any atom is 1.00 e. The molecule has 0 unspecified atom stereocenters.